The molecule has 0 spiro atoms. The van der Waals surface area contributed by atoms with Gasteiger partial charge in [-0.05, 0) is 42.3 Å². The average Bonchev–Trinajstić information content (AvgIpc) is 2.13. The van der Waals surface area contributed by atoms with E-state index in [0.717, 1.165) is 12.8 Å². The van der Waals surface area contributed by atoms with Gasteiger partial charge in [-0.15, -0.1) is 0 Å². The molecule has 0 saturated heterocycles. The molecule has 0 radical (unpaired) electrons. The van der Waals surface area contributed by atoms with Crippen molar-refractivity contribution in [3.63, 3.8) is 0 Å². The summed E-state index contributed by atoms with van der Waals surface area (Å²) < 4.78 is 6.64. The van der Waals surface area contributed by atoms with Gasteiger partial charge in [0.05, 0.1) is 6.10 Å². The van der Waals surface area contributed by atoms with Crippen LogP contribution in [0.3, 0.4) is 0 Å². The van der Waals surface area contributed by atoms with Crippen LogP contribution in [0.15, 0.2) is 0 Å². The molecule has 0 amide bonds. The van der Waals surface area contributed by atoms with Crippen LogP contribution in [0, 0.1) is 11.3 Å². The van der Waals surface area contributed by atoms with Crippen molar-refractivity contribution in [3.05, 3.63) is 0 Å². The van der Waals surface area contributed by atoms with Crippen molar-refractivity contribution in [3.8, 4) is 0 Å². The molecule has 3 heteroatoms. The molecule has 0 aromatic carbocycles. The maximum Gasteiger partial charge on any atom is 0.192 e. The van der Waals surface area contributed by atoms with Gasteiger partial charge in [0.25, 0.3) is 0 Å². The van der Waals surface area contributed by atoms with Crippen molar-refractivity contribution >= 4 is 8.32 Å². The predicted octanol–water partition coefficient (Wildman–Crippen LogP) is 4.83. The van der Waals surface area contributed by atoms with Gasteiger partial charge in [0.2, 0.25) is 0 Å². The van der Waals surface area contributed by atoms with Crippen molar-refractivity contribution in [2.45, 2.75) is 85.5 Å². The highest BCUT2D eigenvalue weighted by atomic mass is 28.4. The van der Waals surface area contributed by atoms with E-state index in [1.807, 2.05) is 0 Å². The van der Waals surface area contributed by atoms with Crippen LogP contribution in [0.5, 0.6) is 0 Å². The molecule has 2 atom stereocenters. The average molecular weight is 289 g/mol. The Morgan fingerprint density at radius 1 is 1.05 bits per heavy atom. The highest BCUT2D eigenvalue weighted by Crippen LogP contribution is 2.41. The molecule has 0 aliphatic heterocycles. The van der Waals surface area contributed by atoms with Crippen LogP contribution in [-0.4, -0.2) is 26.1 Å². The molecule has 0 aliphatic rings. The standard InChI is InChI=1S/C16H36O2Si/c1-13(10-11-17)12-14(15(2,3)4)18-19(8,9)16(5,6)7/h13-14,17H,10-12H2,1-9H3/t13-,14-/m0/s1. The Bertz CT molecular complexity index is 261. The number of hydrogen-bond donors (Lipinski definition) is 1. The molecule has 116 valence electrons. The molecule has 1 N–H and O–H groups in total. The molecule has 19 heavy (non-hydrogen) atoms. The van der Waals surface area contributed by atoms with E-state index in [9.17, 15) is 0 Å². The van der Waals surface area contributed by atoms with Gasteiger partial charge in [0, 0.05) is 6.61 Å². The van der Waals surface area contributed by atoms with E-state index in [1.54, 1.807) is 0 Å². The summed E-state index contributed by atoms with van der Waals surface area (Å²) in [6.07, 6.45) is 2.18. The van der Waals surface area contributed by atoms with Gasteiger partial charge in [0.1, 0.15) is 0 Å². The summed E-state index contributed by atoms with van der Waals surface area (Å²) in [6, 6.07) is 0. The Kier molecular flexibility index (Phi) is 6.78. The summed E-state index contributed by atoms with van der Waals surface area (Å²) >= 11 is 0. The van der Waals surface area contributed by atoms with Crippen LogP contribution >= 0.6 is 0 Å². The maximum absolute atomic E-state index is 9.08. The van der Waals surface area contributed by atoms with E-state index in [2.05, 4.69) is 61.6 Å². The van der Waals surface area contributed by atoms with Crippen LogP contribution in [0.1, 0.15) is 61.3 Å². The molecule has 0 saturated carbocycles. The van der Waals surface area contributed by atoms with E-state index >= 15 is 0 Å². The minimum absolute atomic E-state index is 0.152. The van der Waals surface area contributed by atoms with E-state index in [1.165, 1.54) is 0 Å². The van der Waals surface area contributed by atoms with E-state index < -0.39 is 8.32 Å². The Balaban J connectivity index is 4.90. The van der Waals surface area contributed by atoms with Crippen LogP contribution in [0.2, 0.25) is 18.1 Å². The van der Waals surface area contributed by atoms with Crippen LogP contribution < -0.4 is 0 Å². The first-order valence-electron chi connectivity index (χ1n) is 7.60. The predicted molar refractivity (Wildman–Crippen MR) is 87.0 cm³/mol. The zero-order chi connectivity index (χ0) is 15.5. The second-order valence-corrected chi connectivity index (χ2v) is 13.3. The quantitative estimate of drug-likeness (QED) is 0.709. The first-order chi connectivity index (χ1) is 8.31. The fourth-order valence-corrected chi connectivity index (χ4v) is 3.33. The normalized spacial score (nSPS) is 17.4. The lowest BCUT2D eigenvalue weighted by atomic mass is 9.83. The van der Waals surface area contributed by atoms with Gasteiger partial charge in [-0.3, -0.25) is 0 Å². The largest absolute Gasteiger partial charge is 0.413 e. The first-order valence-corrected chi connectivity index (χ1v) is 10.5. The lowest BCUT2D eigenvalue weighted by Crippen LogP contribution is -2.47. The van der Waals surface area contributed by atoms with Gasteiger partial charge in [-0.1, -0.05) is 48.5 Å². The third-order valence-corrected chi connectivity index (χ3v) is 8.93. The monoisotopic (exact) mass is 288 g/mol. The van der Waals surface area contributed by atoms with E-state index in [0.29, 0.717) is 5.92 Å². The molecular formula is C16H36O2Si. The number of hydrogen-bond acceptors (Lipinski definition) is 2. The van der Waals surface area contributed by atoms with Gasteiger partial charge >= 0.3 is 0 Å². The molecule has 0 fully saturated rings. The molecule has 0 aromatic heterocycles. The van der Waals surface area contributed by atoms with Crippen molar-refractivity contribution in [2.24, 2.45) is 11.3 Å². The summed E-state index contributed by atoms with van der Waals surface area (Å²) in [6.45, 7) is 20.8. The van der Waals surface area contributed by atoms with E-state index in [-0.39, 0.29) is 23.2 Å². The van der Waals surface area contributed by atoms with Crippen molar-refractivity contribution in [1.29, 1.82) is 0 Å². The summed E-state index contributed by atoms with van der Waals surface area (Å²) in [7, 11) is -1.73. The minimum Gasteiger partial charge on any atom is -0.413 e. The lowest BCUT2D eigenvalue weighted by molar-refractivity contribution is 0.0496. The minimum atomic E-state index is -1.73. The van der Waals surface area contributed by atoms with Crippen LogP contribution in [-0.2, 0) is 4.43 Å². The zero-order valence-corrected chi connectivity index (χ0v) is 15.6. The van der Waals surface area contributed by atoms with Gasteiger partial charge in [-0.25, -0.2) is 0 Å². The lowest BCUT2D eigenvalue weighted by Gasteiger charge is -2.44. The molecule has 0 heterocycles. The topological polar surface area (TPSA) is 29.5 Å². The number of aliphatic hydroxyl groups is 1. The Hall–Kier alpha value is 0.137. The summed E-state index contributed by atoms with van der Waals surface area (Å²) in [5.41, 5.74) is 0.152. The van der Waals surface area contributed by atoms with E-state index in [4.69, 9.17) is 9.53 Å². The SMILES string of the molecule is C[C@@H](CCO)C[C@H](O[Si](C)(C)C(C)(C)C)C(C)(C)C. The molecule has 0 aliphatic carbocycles. The highest BCUT2D eigenvalue weighted by molar-refractivity contribution is 6.74. The Labute approximate surface area is 122 Å². The summed E-state index contributed by atoms with van der Waals surface area (Å²) in [5.74, 6) is 0.513. The molecule has 2 nitrogen and oxygen atoms in total. The number of aliphatic hydroxyl groups excluding tert-OH is 1. The smallest absolute Gasteiger partial charge is 0.192 e. The summed E-state index contributed by atoms with van der Waals surface area (Å²) in [5, 5.41) is 9.33. The van der Waals surface area contributed by atoms with Crippen molar-refractivity contribution < 1.29 is 9.53 Å². The van der Waals surface area contributed by atoms with Crippen LogP contribution in [0.25, 0.3) is 0 Å². The molecule has 0 unspecified atom stereocenters. The Morgan fingerprint density at radius 2 is 1.53 bits per heavy atom. The molecule has 0 bridgehead atoms. The Morgan fingerprint density at radius 3 is 1.84 bits per heavy atom. The highest BCUT2D eigenvalue weighted by Gasteiger charge is 2.41. The first kappa shape index (κ1) is 19.1. The molecule has 0 rings (SSSR count). The second kappa shape index (κ2) is 6.73. The fourth-order valence-electron chi connectivity index (χ4n) is 1.81. The maximum atomic E-state index is 9.08. The molecule has 0 aromatic rings. The van der Waals surface area contributed by atoms with Crippen LogP contribution in [0.4, 0.5) is 0 Å². The third kappa shape index (κ3) is 6.41. The van der Waals surface area contributed by atoms with Crippen molar-refractivity contribution in [1.82, 2.24) is 0 Å². The second-order valence-electron chi connectivity index (χ2n) is 8.59. The fraction of sp³-hybridized carbons (Fsp3) is 1.00. The zero-order valence-electron chi connectivity index (χ0n) is 14.6. The van der Waals surface area contributed by atoms with Gasteiger partial charge in [0.15, 0.2) is 8.32 Å². The van der Waals surface area contributed by atoms with Crippen molar-refractivity contribution in [2.75, 3.05) is 6.61 Å². The van der Waals surface area contributed by atoms with Gasteiger partial charge < -0.3 is 9.53 Å². The summed E-state index contributed by atoms with van der Waals surface area (Å²) in [4.78, 5) is 0. The number of rotatable bonds is 6. The third-order valence-electron chi connectivity index (χ3n) is 4.45. The molecular weight excluding hydrogens is 252 g/mol. The van der Waals surface area contributed by atoms with Gasteiger partial charge in [-0.2, -0.15) is 0 Å².